The second kappa shape index (κ2) is 5.41. The highest BCUT2D eigenvalue weighted by molar-refractivity contribution is 5.56. The Morgan fingerprint density at radius 1 is 1.37 bits per heavy atom. The molecule has 5 heteroatoms. The number of benzene rings is 1. The lowest BCUT2D eigenvalue weighted by Crippen LogP contribution is -2.32. The number of alkyl halides is 3. The molecule has 0 aromatic heterocycles. The number of halogens is 3. The van der Waals surface area contributed by atoms with E-state index >= 15 is 0 Å². The molecule has 1 saturated heterocycles. The summed E-state index contributed by atoms with van der Waals surface area (Å²) in [5.41, 5.74) is 1.03. The van der Waals surface area contributed by atoms with Crippen LogP contribution in [-0.4, -0.2) is 25.7 Å². The molecule has 1 fully saturated rings. The summed E-state index contributed by atoms with van der Waals surface area (Å²) < 4.78 is 38.3. The fourth-order valence-electron chi connectivity index (χ4n) is 2.56. The van der Waals surface area contributed by atoms with E-state index in [0.717, 1.165) is 37.7 Å². The number of likely N-dealkylation sites (N-methyl/N-ethyl adjacent to an activating group) is 1. The summed E-state index contributed by atoms with van der Waals surface area (Å²) in [6.45, 7) is 6.37. The fourth-order valence-corrected chi connectivity index (χ4v) is 2.56. The summed E-state index contributed by atoms with van der Waals surface area (Å²) in [6, 6.07) is 4.35. The van der Waals surface area contributed by atoms with Crippen molar-refractivity contribution in [2.24, 2.45) is 0 Å². The summed E-state index contributed by atoms with van der Waals surface area (Å²) in [7, 11) is 0. The third kappa shape index (κ3) is 3.21. The summed E-state index contributed by atoms with van der Waals surface area (Å²) in [5, 5.41) is 3.34. The first-order valence-electron chi connectivity index (χ1n) is 6.58. The Bertz CT molecular complexity index is 443. The SMILES string of the molecule is CCNC1CCN(c2cc(C(F)(F)F)ccc2C)C1. The second-order valence-electron chi connectivity index (χ2n) is 4.99. The zero-order valence-corrected chi connectivity index (χ0v) is 11.2. The molecule has 1 aliphatic rings. The Balaban J connectivity index is 2.20. The molecule has 0 saturated carbocycles. The van der Waals surface area contributed by atoms with Crippen molar-refractivity contribution in [3.63, 3.8) is 0 Å². The van der Waals surface area contributed by atoms with E-state index in [1.165, 1.54) is 6.07 Å². The molecule has 106 valence electrons. The molecule has 1 atom stereocenters. The molecule has 2 nitrogen and oxygen atoms in total. The number of anilines is 1. The molecule has 0 amide bonds. The molecule has 1 aromatic rings. The zero-order chi connectivity index (χ0) is 14.0. The Morgan fingerprint density at radius 3 is 2.74 bits per heavy atom. The van der Waals surface area contributed by atoms with E-state index in [2.05, 4.69) is 5.32 Å². The van der Waals surface area contributed by atoms with Crippen LogP contribution in [0.5, 0.6) is 0 Å². The molecule has 19 heavy (non-hydrogen) atoms. The minimum absolute atomic E-state index is 0.374. The quantitative estimate of drug-likeness (QED) is 0.909. The predicted octanol–water partition coefficient (Wildman–Crippen LogP) is 3.20. The van der Waals surface area contributed by atoms with E-state index in [1.807, 2.05) is 18.7 Å². The van der Waals surface area contributed by atoms with Crippen molar-refractivity contribution in [2.45, 2.75) is 32.5 Å². The van der Waals surface area contributed by atoms with Crippen LogP contribution in [0.25, 0.3) is 0 Å². The van der Waals surface area contributed by atoms with Crippen molar-refractivity contribution in [3.8, 4) is 0 Å². The molecular weight excluding hydrogens is 253 g/mol. The number of nitrogens with one attached hydrogen (secondary N) is 1. The first-order chi connectivity index (χ1) is 8.91. The molecule has 0 aliphatic carbocycles. The Kier molecular flexibility index (Phi) is 4.04. The van der Waals surface area contributed by atoms with E-state index in [1.54, 1.807) is 6.07 Å². The molecule has 1 aromatic carbocycles. The summed E-state index contributed by atoms with van der Waals surface area (Å²) >= 11 is 0. The first-order valence-corrected chi connectivity index (χ1v) is 6.58. The lowest BCUT2D eigenvalue weighted by atomic mass is 10.1. The van der Waals surface area contributed by atoms with Gasteiger partial charge in [0, 0.05) is 24.8 Å². The number of aryl methyl sites for hydroxylation is 1. The van der Waals surface area contributed by atoms with Crippen LogP contribution in [0.1, 0.15) is 24.5 Å². The van der Waals surface area contributed by atoms with Crippen molar-refractivity contribution < 1.29 is 13.2 Å². The average Bonchev–Trinajstić information content (AvgIpc) is 2.77. The minimum Gasteiger partial charge on any atom is -0.370 e. The average molecular weight is 272 g/mol. The van der Waals surface area contributed by atoms with E-state index < -0.39 is 11.7 Å². The number of hydrogen-bond acceptors (Lipinski definition) is 2. The summed E-state index contributed by atoms with van der Waals surface area (Å²) in [5.74, 6) is 0. The molecule has 1 heterocycles. The second-order valence-corrected chi connectivity index (χ2v) is 4.99. The van der Waals surface area contributed by atoms with Gasteiger partial charge in [-0.15, -0.1) is 0 Å². The lowest BCUT2D eigenvalue weighted by molar-refractivity contribution is -0.137. The maximum absolute atomic E-state index is 12.8. The predicted molar refractivity (Wildman–Crippen MR) is 70.5 cm³/mol. The van der Waals surface area contributed by atoms with Gasteiger partial charge in [0.2, 0.25) is 0 Å². The van der Waals surface area contributed by atoms with E-state index in [0.29, 0.717) is 11.7 Å². The van der Waals surface area contributed by atoms with Crippen LogP contribution in [0.3, 0.4) is 0 Å². The topological polar surface area (TPSA) is 15.3 Å². The van der Waals surface area contributed by atoms with Crippen LogP contribution >= 0.6 is 0 Å². The van der Waals surface area contributed by atoms with Crippen LogP contribution < -0.4 is 10.2 Å². The monoisotopic (exact) mass is 272 g/mol. The Labute approximate surface area is 111 Å². The minimum atomic E-state index is -4.27. The Hall–Kier alpha value is -1.23. The summed E-state index contributed by atoms with van der Waals surface area (Å²) in [4.78, 5) is 2.04. The molecule has 0 radical (unpaired) electrons. The lowest BCUT2D eigenvalue weighted by Gasteiger charge is -2.22. The van der Waals surface area contributed by atoms with Crippen molar-refractivity contribution >= 4 is 5.69 Å². The van der Waals surface area contributed by atoms with E-state index in [4.69, 9.17) is 0 Å². The van der Waals surface area contributed by atoms with Gasteiger partial charge in [0.1, 0.15) is 0 Å². The van der Waals surface area contributed by atoms with Crippen molar-refractivity contribution in [2.75, 3.05) is 24.5 Å². The molecule has 0 bridgehead atoms. The van der Waals surface area contributed by atoms with Gasteiger partial charge in [-0.25, -0.2) is 0 Å². The van der Waals surface area contributed by atoms with Gasteiger partial charge in [-0.05, 0) is 37.6 Å². The third-order valence-electron chi connectivity index (χ3n) is 3.56. The molecular formula is C14H19F3N2. The molecule has 0 spiro atoms. The number of hydrogen-bond donors (Lipinski definition) is 1. The van der Waals surface area contributed by atoms with Crippen molar-refractivity contribution in [1.29, 1.82) is 0 Å². The number of rotatable bonds is 3. The largest absolute Gasteiger partial charge is 0.416 e. The van der Waals surface area contributed by atoms with Crippen LogP contribution in [0.4, 0.5) is 18.9 Å². The van der Waals surface area contributed by atoms with Gasteiger partial charge >= 0.3 is 6.18 Å². The van der Waals surface area contributed by atoms with Gasteiger partial charge in [-0.2, -0.15) is 13.2 Å². The molecule has 1 aliphatic heterocycles. The summed E-state index contributed by atoms with van der Waals surface area (Å²) in [6.07, 6.45) is -3.30. The standard InChI is InChI=1S/C14H19F3N2/c1-3-18-12-6-7-19(9-12)13-8-11(14(15,16)17)5-4-10(13)2/h4-5,8,12,18H,3,6-7,9H2,1-2H3. The van der Waals surface area contributed by atoms with E-state index in [9.17, 15) is 13.2 Å². The zero-order valence-electron chi connectivity index (χ0n) is 11.2. The molecule has 1 N–H and O–H groups in total. The van der Waals surface area contributed by atoms with Crippen LogP contribution in [0, 0.1) is 6.92 Å². The van der Waals surface area contributed by atoms with Crippen LogP contribution in [0.15, 0.2) is 18.2 Å². The van der Waals surface area contributed by atoms with Gasteiger partial charge in [0.25, 0.3) is 0 Å². The molecule has 2 rings (SSSR count). The van der Waals surface area contributed by atoms with Gasteiger partial charge in [-0.3, -0.25) is 0 Å². The fraction of sp³-hybridized carbons (Fsp3) is 0.571. The maximum atomic E-state index is 12.8. The van der Waals surface area contributed by atoms with Crippen molar-refractivity contribution in [3.05, 3.63) is 29.3 Å². The van der Waals surface area contributed by atoms with Crippen LogP contribution in [-0.2, 0) is 6.18 Å². The van der Waals surface area contributed by atoms with Crippen LogP contribution in [0.2, 0.25) is 0 Å². The first kappa shape index (κ1) is 14.2. The highest BCUT2D eigenvalue weighted by atomic mass is 19.4. The van der Waals surface area contributed by atoms with Gasteiger partial charge in [0.05, 0.1) is 5.56 Å². The van der Waals surface area contributed by atoms with E-state index in [-0.39, 0.29) is 0 Å². The normalized spacial score (nSPS) is 20.1. The molecule has 1 unspecified atom stereocenters. The maximum Gasteiger partial charge on any atom is 0.416 e. The van der Waals surface area contributed by atoms with Gasteiger partial charge < -0.3 is 10.2 Å². The Morgan fingerprint density at radius 2 is 2.11 bits per heavy atom. The van der Waals surface area contributed by atoms with Gasteiger partial charge in [0.15, 0.2) is 0 Å². The number of nitrogens with zero attached hydrogens (tertiary/aromatic N) is 1. The third-order valence-corrected chi connectivity index (χ3v) is 3.56. The van der Waals surface area contributed by atoms with Gasteiger partial charge in [-0.1, -0.05) is 13.0 Å². The highest BCUT2D eigenvalue weighted by Gasteiger charge is 2.32. The highest BCUT2D eigenvalue weighted by Crippen LogP contribution is 2.34. The smallest absolute Gasteiger partial charge is 0.370 e. The van der Waals surface area contributed by atoms with Crippen molar-refractivity contribution in [1.82, 2.24) is 5.32 Å².